The van der Waals surface area contributed by atoms with E-state index in [0.717, 1.165) is 0 Å². The van der Waals surface area contributed by atoms with Crippen LogP contribution in [0.4, 0.5) is 0 Å². The van der Waals surface area contributed by atoms with Crippen molar-refractivity contribution in [1.29, 1.82) is 0 Å². The molecular formula is C12H24BO4PS2. The van der Waals surface area contributed by atoms with Crippen molar-refractivity contribution >= 4 is 37.8 Å². The lowest BCUT2D eigenvalue weighted by atomic mass is 9.93. The molecule has 0 amide bonds. The molecule has 5 atom stereocenters. The van der Waals surface area contributed by atoms with Crippen LogP contribution in [0.1, 0.15) is 29.0 Å². The highest BCUT2D eigenvalue weighted by Crippen LogP contribution is 2.40. The minimum absolute atomic E-state index is 0.0923. The molecule has 1 aliphatic rings. The summed E-state index contributed by atoms with van der Waals surface area (Å²) in [6, 6.07) is -0.564. The van der Waals surface area contributed by atoms with E-state index in [4.69, 9.17) is 27.7 Å². The van der Waals surface area contributed by atoms with Gasteiger partial charge in [-0.3, -0.25) is 0 Å². The average Bonchev–Trinajstić information content (AvgIpc) is 2.69. The summed E-state index contributed by atoms with van der Waals surface area (Å²) in [5.74, 6) is 0.503. The van der Waals surface area contributed by atoms with Gasteiger partial charge in [-0.2, -0.15) is 0 Å². The zero-order chi connectivity index (χ0) is 16.0. The van der Waals surface area contributed by atoms with Gasteiger partial charge in [0.25, 0.3) is 0 Å². The molecule has 4 nitrogen and oxygen atoms in total. The van der Waals surface area contributed by atoms with E-state index in [2.05, 4.69) is 20.8 Å². The third-order valence-electron chi connectivity index (χ3n) is 2.49. The second kappa shape index (κ2) is 8.61. The first-order chi connectivity index (χ1) is 9.78. The second-order valence-electron chi connectivity index (χ2n) is 5.39. The summed E-state index contributed by atoms with van der Waals surface area (Å²) >= 11 is 0. The first-order valence-electron chi connectivity index (χ1n) is 7.06. The van der Waals surface area contributed by atoms with E-state index in [9.17, 15) is 0 Å². The van der Waals surface area contributed by atoms with Crippen molar-refractivity contribution in [2.24, 2.45) is 0 Å². The monoisotopic (exact) mass is 339 g/mol. The summed E-state index contributed by atoms with van der Waals surface area (Å²) in [5, 5.41) is 0. The number of hydrogen-bond donors (Lipinski definition) is 0. The van der Waals surface area contributed by atoms with Crippen molar-refractivity contribution in [3.8, 4) is 0 Å². The van der Waals surface area contributed by atoms with Crippen molar-refractivity contribution in [2.45, 2.75) is 56.7 Å². The maximum absolute atomic E-state index is 7.55. The third-order valence-corrected chi connectivity index (χ3v) is 6.54. The predicted molar refractivity (Wildman–Crippen MR) is 89.5 cm³/mol. The van der Waals surface area contributed by atoms with Gasteiger partial charge in [0.1, 0.15) is 26.0 Å². The van der Waals surface area contributed by atoms with Gasteiger partial charge in [0.05, 0.1) is 6.10 Å². The van der Waals surface area contributed by atoms with Gasteiger partial charge in [0.2, 0.25) is 0 Å². The first kappa shape index (κ1) is 17.4. The molecule has 1 fully saturated rings. The zero-order valence-electron chi connectivity index (χ0n) is 13.7. The van der Waals surface area contributed by atoms with E-state index in [1.54, 1.807) is 28.7 Å². The lowest BCUT2D eigenvalue weighted by Gasteiger charge is -2.25. The van der Waals surface area contributed by atoms with Gasteiger partial charge in [-0.15, -0.1) is 0 Å². The molecule has 0 saturated carbocycles. The summed E-state index contributed by atoms with van der Waals surface area (Å²) in [6.07, 6.45) is -1.09. The van der Waals surface area contributed by atoms with Crippen LogP contribution in [-0.2, 0) is 18.5 Å². The Morgan fingerprint density at radius 3 is 2.65 bits per heavy atom. The maximum atomic E-state index is 7.55. The van der Waals surface area contributed by atoms with E-state index in [0.29, 0.717) is 5.94 Å². The fourth-order valence-corrected chi connectivity index (χ4v) is 4.26. The fourth-order valence-electron chi connectivity index (χ4n) is 1.59. The van der Waals surface area contributed by atoms with Gasteiger partial charge in [0, 0.05) is 25.9 Å². The highest BCUT2D eigenvalue weighted by Gasteiger charge is 2.42. The summed E-state index contributed by atoms with van der Waals surface area (Å²) < 4.78 is 30.1. The molecular weight excluding hydrogens is 314 g/mol. The molecule has 116 valence electrons. The standard InChI is InChI=1S/C12H24BO4PS2/c1-8-9(17-18(6)14-5)10(11(13)16-8)15-7-19-20-12(2,3)4/h8-11H,7H2,1-6H3/t8-,9+,10?,11-,18?/m1/s1/i1D. The fraction of sp³-hybridized carbons (Fsp3) is 1.00. The van der Waals surface area contributed by atoms with E-state index in [-0.39, 0.29) is 30.0 Å². The molecule has 0 spiro atoms. The SMILES string of the molecule is [2H]C[C@H]1O[C@@H]([B])C(OCSSC(C)(C)C)[C@H]1OP(C)OC. The molecule has 20 heavy (non-hydrogen) atoms. The van der Waals surface area contributed by atoms with Crippen LogP contribution in [0.15, 0.2) is 0 Å². The van der Waals surface area contributed by atoms with E-state index >= 15 is 0 Å². The Bertz CT molecular complexity index is 311. The number of hydrogen-bond acceptors (Lipinski definition) is 6. The molecule has 0 bridgehead atoms. The highest BCUT2D eigenvalue weighted by atomic mass is 33.1. The van der Waals surface area contributed by atoms with Gasteiger partial charge >= 0.3 is 0 Å². The highest BCUT2D eigenvalue weighted by molar-refractivity contribution is 8.77. The molecule has 8 heteroatoms. The molecule has 0 aromatic carbocycles. The van der Waals surface area contributed by atoms with Crippen molar-refractivity contribution in [3.05, 3.63) is 0 Å². The van der Waals surface area contributed by atoms with Gasteiger partial charge in [0.15, 0.2) is 8.38 Å². The van der Waals surface area contributed by atoms with E-state index < -0.39 is 14.4 Å². The Morgan fingerprint density at radius 2 is 2.10 bits per heavy atom. The van der Waals surface area contributed by atoms with Crippen LogP contribution in [0.3, 0.4) is 0 Å². The van der Waals surface area contributed by atoms with Crippen LogP contribution in [0.2, 0.25) is 0 Å². The van der Waals surface area contributed by atoms with Crippen LogP contribution < -0.4 is 0 Å². The second-order valence-corrected chi connectivity index (χ2v) is 9.92. The van der Waals surface area contributed by atoms with Crippen molar-refractivity contribution in [3.63, 3.8) is 0 Å². The zero-order valence-corrected chi connectivity index (χ0v) is 15.2. The third kappa shape index (κ3) is 6.43. The quantitative estimate of drug-likeness (QED) is 0.233. The van der Waals surface area contributed by atoms with E-state index in [1.165, 1.54) is 0 Å². The number of ether oxygens (including phenoxy) is 2. The van der Waals surface area contributed by atoms with Crippen LogP contribution in [-0.4, -0.2) is 56.6 Å². The smallest absolute Gasteiger partial charge is 0.167 e. The predicted octanol–water partition coefficient (Wildman–Crippen LogP) is 3.40. The minimum Gasteiger partial charge on any atom is -0.379 e. The van der Waals surface area contributed by atoms with Gasteiger partial charge in [-0.05, 0) is 6.90 Å². The summed E-state index contributed by atoms with van der Waals surface area (Å²) in [7, 11) is 9.94. The normalized spacial score (nSPS) is 33.1. The average molecular weight is 339 g/mol. The van der Waals surface area contributed by atoms with Crippen LogP contribution >= 0.6 is 30.0 Å². The molecule has 0 aliphatic carbocycles. The van der Waals surface area contributed by atoms with Crippen molar-refractivity contribution in [1.82, 2.24) is 0 Å². The topological polar surface area (TPSA) is 36.9 Å². The molecule has 1 saturated heterocycles. The summed E-state index contributed by atoms with van der Waals surface area (Å²) in [4.78, 5) is 0. The van der Waals surface area contributed by atoms with Crippen LogP contribution in [0.5, 0.6) is 0 Å². The Balaban J connectivity index is 2.51. The van der Waals surface area contributed by atoms with Gasteiger partial charge < -0.3 is 18.5 Å². The van der Waals surface area contributed by atoms with Crippen molar-refractivity contribution in [2.75, 3.05) is 19.7 Å². The molecule has 2 radical (unpaired) electrons. The Hall–Kier alpha value is 1.03. The molecule has 1 rings (SSSR count). The Labute approximate surface area is 134 Å². The lowest BCUT2D eigenvalue weighted by Crippen LogP contribution is -2.36. The van der Waals surface area contributed by atoms with Gasteiger partial charge in [-0.1, -0.05) is 42.4 Å². The van der Waals surface area contributed by atoms with Crippen LogP contribution in [0, 0.1) is 0 Å². The molecule has 0 N–H and O–H groups in total. The van der Waals surface area contributed by atoms with Gasteiger partial charge in [-0.25, -0.2) is 0 Å². The Morgan fingerprint density at radius 1 is 1.40 bits per heavy atom. The van der Waals surface area contributed by atoms with E-state index in [1.807, 2.05) is 6.66 Å². The molecule has 2 unspecified atom stereocenters. The number of rotatable bonds is 7. The molecule has 1 aliphatic heterocycles. The Kier molecular flexibility index (Phi) is 7.49. The summed E-state index contributed by atoms with van der Waals surface area (Å²) in [6.45, 7) is 8.41. The minimum atomic E-state index is -1.02. The molecule has 0 aromatic heterocycles. The van der Waals surface area contributed by atoms with Crippen molar-refractivity contribution < 1.29 is 19.9 Å². The largest absolute Gasteiger partial charge is 0.379 e. The molecule has 0 aromatic rings. The lowest BCUT2D eigenvalue weighted by molar-refractivity contribution is 0.0131. The first-order valence-corrected chi connectivity index (χ1v) is 10.3. The molecule has 1 heterocycles. The summed E-state index contributed by atoms with van der Waals surface area (Å²) in [5.41, 5.74) is 0. The van der Waals surface area contributed by atoms with Crippen LogP contribution in [0.25, 0.3) is 0 Å². The maximum Gasteiger partial charge on any atom is 0.167 e.